The number of hydrogen-bond donors (Lipinski definition) is 2. The van der Waals surface area contributed by atoms with Gasteiger partial charge in [-0.15, -0.1) is 0 Å². The van der Waals surface area contributed by atoms with Crippen LogP contribution in [0.1, 0.15) is 17.2 Å². The van der Waals surface area contributed by atoms with Gasteiger partial charge in [-0.05, 0) is 35.4 Å². The van der Waals surface area contributed by atoms with Gasteiger partial charge in [-0.25, -0.2) is 0 Å². The van der Waals surface area contributed by atoms with Gasteiger partial charge in [-0.2, -0.15) is 0 Å². The predicted octanol–water partition coefficient (Wildman–Crippen LogP) is 3.21. The molecular weight excluding hydrogens is 283 g/mol. The van der Waals surface area contributed by atoms with Crippen LogP contribution in [-0.4, -0.2) is 16.6 Å². The third kappa shape index (κ3) is 4.18. The van der Waals surface area contributed by atoms with Crippen molar-refractivity contribution in [1.82, 2.24) is 10.3 Å². The van der Waals surface area contributed by atoms with Crippen LogP contribution in [0.3, 0.4) is 0 Å². The SMILES string of the molecule is OC(CNCc1ccc(Cl)cc1Cl)c1ccncc1. The smallest absolute Gasteiger partial charge is 0.0915 e. The van der Waals surface area contributed by atoms with Gasteiger partial charge in [0.25, 0.3) is 0 Å². The monoisotopic (exact) mass is 296 g/mol. The lowest BCUT2D eigenvalue weighted by Crippen LogP contribution is -2.21. The summed E-state index contributed by atoms with van der Waals surface area (Å²) in [6.07, 6.45) is 2.76. The Morgan fingerprint density at radius 2 is 1.89 bits per heavy atom. The quantitative estimate of drug-likeness (QED) is 0.890. The fourth-order valence-electron chi connectivity index (χ4n) is 1.71. The van der Waals surface area contributed by atoms with Crippen LogP contribution in [0.4, 0.5) is 0 Å². The normalized spacial score (nSPS) is 12.4. The van der Waals surface area contributed by atoms with Crippen molar-refractivity contribution in [1.29, 1.82) is 0 Å². The number of nitrogens with zero attached hydrogens (tertiary/aromatic N) is 1. The summed E-state index contributed by atoms with van der Waals surface area (Å²) in [5.74, 6) is 0. The number of rotatable bonds is 5. The Kier molecular flexibility index (Phi) is 5.16. The third-order valence-electron chi connectivity index (χ3n) is 2.76. The second-order valence-corrected chi connectivity index (χ2v) is 5.01. The van der Waals surface area contributed by atoms with Crippen LogP contribution in [0.25, 0.3) is 0 Å². The molecule has 0 aliphatic heterocycles. The molecule has 2 N–H and O–H groups in total. The summed E-state index contributed by atoms with van der Waals surface area (Å²) in [7, 11) is 0. The highest BCUT2D eigenvalue weighted by atomic mass is 35.5. The molecule has 0 saturated carbocycles. The average Bonchev–Trinajstić information content (AvgIpc) is 2.42. The first-order valence-corrected chi connectivity index (χ1v) is 6.65. The molecule has 0 fully saturated rings. The lowest BCUT2D eigenvalue weighted by Gasteiger charge is -2.12. The van der Waals surface area contributed by atoms with E-state index >= 15 is 0 Å². The first kappa shape index (κ1) is 14.3. The van der Waals surface area contributed by atoms with Gasteiger partial charge < -0.3 is 10.4 Å². The summed E-state index contributed by atoms with van der Waals surface area (Å²) in [6.45, 7) is 1.03. The van der Waals surface area contributed by atoms with E-state index in [0.717, 1.165) is 11.1 Å². The van der Waals surface area contributed by atoms with Gasteiger partial charge in [0.2, 0.25) is 0 Å². The van der Waals surface area contributed by atoms with Crippen LogP contribution >= 0.6 is 23.2 Å². The Hall–Kier alpha value is -1.13. The minimum Gasteiger partial charge on any atom is -0.387 e. The van der Waals surface area contributed by atoms with E-state index in [4.69, 9.17) is 23.2 Å². The molecule has 1 unspecified atom stereocenters. The van der Waals surface area contributed by atoms with E-state index < -0.39 is 6.10 Å². The lowest BCUT2D eigenvalue weighted by molar-refractivity contribution is 0.174. The highest BCUT2D eigenvalue weighted by molar-refractivity contribution is 6.35. The molecule has 5 heteroatoms. The Morgan fingerprint density at radius 1 is 1.16 bits per heavy atom. The molecule has 1 aromatic carbocycles. The van der Waals surface area contributed by atoms with Gasteiger partial charge in [0, 0.05) is 35.5 Å². The van der Waals surface area contributed by atoms with Gasteiger partial charge in [-0.3, -0.25) is 4.98 Å². The van der Waals surface area contributed by atoms with Gasteiger partial charge in [-0.1, -0.05) is 29.3 Å². The van der Waals surface area contributed by atoms with Crippen LogP contribution in [0.5, 0.6) is 0 Å². The van der Waals surface area contributed by atoms with Crippen LogP contribution in [0, 0.1) is 0 Å². The summed E-state index contributed by atoms with van der Waals surface area (Å²) in [5, 5.41) is 14.4. The molecule has 0 spiro atoms. The van der Waals surface area contributed by atoms with Crippen LogP contribution in [-0.2, 0) is 6.54 Å². The number of halogens is 2. The Bertz CT molecular complexity index is 534. The first-order chi connectivity index (χ1) is 9.16. The average molecular weight is 297 g/mol. The number of aliphatic hydroxyl groups excluding tert-OH is 1. The molecule has 3 nitrogen and oxygen atoms in total. The fraction of sp³-hybridized carbons (Fsp3) is 0.214. The molecule has 0 bridgehead atoms. The predicted molar refractivity (Wildman–Crippen MR) is 77.4 cm³/mol. The molecule has 1 atom stereocenters. The van der Waals surface area contributed by atoms with Crippen LogP contribution < -0.4 is 5.32 Å². The summed E-state index contributed by atoms with van der Waals surface area (Å²) in [4.78, 5) is 3.91. The second-order valence-electron chi connectivity index (χ2n) is 4.16. The maximum Gasteiger partial charge on any atom is 0.0915 e. The first-order valence-electron chi connectivity index (χ1n) is 5.89. The molecule has 0 amide bonds. The molecule has 100 valence electrons. The van der Waals surface area contributed by atoms with Gasteiger partial charge in [0.05, 0.1) is 6.10 Å². The van der Waals surface area contributed by atoms with E-state index in [1.165, 1.54) is 0 Å². The summed E-state index contributed by atoms with van der Waals surface area (Å²) < 4.78 is 0. The molecule has 0 aliphatic carbocycles. The largest absolute Gasteiger partial charge is 0.387 e. The Morgan fingerprint density at radius 3 is 2.58 bits per heavy atom. The molecular formula is C14H14Cl2N2O. The van der Waals surface area contributed by atoms with E-state index in [2.05, 4.69) is 10.3 Å². The van der Waals surface area contributed by atoms with Crippen molar-refractivity contribution in [3.63, 3.8) is 0 Å². The zero-order chi connectivity index (χ0) is 13.7. The number of aliphatic hydroxyl groups is 1. The minimum atomic E-state index is -0.561. The van der Waals surface area contributed by atoms with E-state index in [1.54, 1.807) is 36.7 Å². The number of hydrogen-bond acceptors (Lipinski definition) is 3. The molecule has 0 saturated heterocycles. The Balaban J connectivity index is 1.86. The maximum absolute atomic E-state index is 9.97. The van der Waals surface area contributed by atoms with E-state index in [0.29, 0.717) is 23.1 Å². The number of benzene rings is 1. The van der Waals surface area contributed by atoms with Crippen molar-refractivity contribution in [3.8, 4) is 0 Å². The maximum atomic E-state index is 9.97. The zero-order valence-electron chi connectivity index (χ0n) is 10.2. The molecule has 2 rings (SSSR count). The number of aromatic nitrogens is 1. The fourth-order valence-corrected chi connectivity index (χ4v) is 2.19. The van der Waals surface area contributed by atoms with Crippen molar-refractivity contribution >= 4 is 23.2 Å². The summed E-state index contributed by atoms with van der Waals surface area (Å²) in [6, 6.07) is 8.96. The summed E-state index contributed by atoms with van der Waals surface area (Å²) in [5.41, 5.74) is 1.79. The molecule has 0 radical (unpaired) electrons. The van der Waals surface area contributed by atoms with Crippen LogP contribution in [0.2, 0.25) is 10.0 Å². The Labute approximate surface area is 122 Å². The van der Waals surface area contributed by atoms with Gasteiger partial charge >= 0.3 is 0 Å². The number of nitrogens with one attached hydrogen (secondary N) is 1. The topological polar surface area (TPSA) is 45.1 Å². The second kappa shape index (κ2) is 6.87. The third-order valence-corrected chi connectivity index (χ3v) is 3.35. The molecule has 2 aromatic rings. The van der Waals surface area contributed by atoms with E-state index in [9.17, 15) is 5.11 Å². The van der Waals surface area contributed by atoms with Crippen molar-refractivity contribution in [2.24, 2.45) is 0 Å². The number of pyridine rings is 1. The summed E-state index contributed by atoms with van der Waals surface area (Å²) >= 11 is 11.9. The van der Waals surface area contributed by atoms with Gasteiger partial charge in [0.15, 0.2) is 0 Å². The van der Waals surface area contributed by atoms with E-state index in [1.807, 2.05) is 6.07 Å². The minimum absolute atomic E-state index is 0.447. The van der Waals surface area contributed by atoms with Crippen LogP contribution in [0.15, 0.2) is 42.7 Å². The van der Waals surface area contributed by atoms with Crippen molar-refractivity contribution in [2.75, 3.05) is 6.54 Å². The standard InChI is InChI=1S/C14H14Cl2N2O/c15-12-2-1-11(13(16)7-12)8-18-9-14(19)10-3-5-17-6-4-10/h1-7,14,18-19H,8-9H2. The van der Waals surface area contributed by atoms with Crippen molar-refractivity contribution in [3.05, 3.63) is 63.9 Å². The molecule has 19 heavy (non-hydrogen) atoms. The molecule has 0 aliphatic rings. The zero-order valence-corrected chi connectivity index (χ0v) is 11.7. The highest BCUT2D eigenvalue weighted by Crippen LogP contribution is 2.20. The molecule has 1 heterocycles. The van der Waals surface area contributed by atoms with Crippen molar-refractivity contribution < 1.29 is 5.11 Å². The lowest BCUT2D eigenvalue weighted by atomic mass is 10.1. The highest BCUT2D eigenvalue weighted by Gasteiger charge is 2.07. The van der Waals surface area contributed by atoms with Gasteiger partial charge in [0.1, 0.15) is 0 Å². The van der Waals surface area contributed by atoms with Crippen molar-refractivity contribution in [2.45, 2.75) is 12.6 Å². The van der Waals surface area contributed by atoms with E-state index in [-0.39, 0.29) is 0 Å². The molecule has 1 aromatic heterocycles.